The van der Waals surface area contributed by atoms with Crippen LogP contribution in [0.15, 0.2) is 116 Å². The predicted molar refractivity (Wildman–Crippen MR) is 172 cm³/mol. The molecule has 3 heterocycles. The summed E-state index contributed by atoms with van der Waals surface area (Å²) in [4.78, 5) is 45.0. The van der Waals surface area contributed by atoms with Gasteiger partial charge in [-0.3, -0.25) is 14.2 Å². The Kier molecular flexibility index (Phi) is 8.30. The first-order chi connectivity index (χ1) is 21.9. The highest BCUT2D eigenvalue weighted by Gasteiger charge is 2.32. The molecule has 3 aromatic carbocycles. The van der Waals surface area contributed by atoms with E-state index >= 15 is 0 Å². The molecule has 0 saturated carbocycles. The maximum absolute atomic E-state index is 14.0. The van der Waals surface area contributed by atoms with E-state index in [0.717, 1.165) is 5.56 Å². The van der Waals surface area contributed by atoms with Crippen LogP contribution in [0.1, 0.15) is 41.6 Å². The molecule has 0 spiro atoms. The van der Waals surface area contributed by atoms with Crippen LogP contribution in [0.3, 0.4) is 0 Å². The molecule has 1 amide bonds. The summed E-state index contributed by atoms with van der Waals surface area (Å²) >= 11 is 1.22. The Labute approximate surface area is 262 Å². The van der Waals surface area contributed by atoms with Gasteiger partial charge in [0.1, 0.15) is 17.3 Å². The van der Waals surface area contributed by atoms with Crippen LogP contribution in [-0.4, -0.2) is 30.2 Å². The summed E-state index contributed by atoms with van der Waals surface area (Å²) in [5.74, 6) is 0.881. The smallest absolute Gasteiger partial charge is 0.337 e. The molecule has 6 rings (SSSR count). The van der Waals surface area contributed by atoms with Gasteiger partial charge in [0, 0.05) is 17.3 Å². The number of carbonyl (C=O) groups is 2. The Balaban J connectivity index is 1.42. The minimum absolute atomic E-state index is 0.305. The molecule has 1 N–H and O–H groups in total. The molecule has 0 radical (unpaired) electrons. The molecule has 1 aliphatic heterocycles. The number of para-hydroxylation sites is 1. The van der Waals surface area contributed by atoms with Gasteiger partial charge in [-0.15, -0.1) is 0 Å². The average Bonchev–Trinajstić information content (AvgIpc) is 3.65. The van der Waals surface area contributed by atoms with Crippen LogP contribution in [0, 0.1) is 0 Å². The van der Waals surface area contributed by atoms with Crippen LogP contribution in [0.5, 0.6) is 5.75 Å². The number of hydrogen-bond acceptors (Lipinski definition) is 8. The van der Waals surface area contributed by atoms with E-state index in [1.54, 1.807) is 60.0 Å². The molecular formula is C35H29N3O6S. The van der Waals surface area contributed by atoms with Crippen LogP contribution in [0.2, 0.25) is 0 Å². The zero-order valence-corrected chi connectivity index (χ0v) is 25.6. The zero-order valence-electron chi connectivity index (χ0n) is 24.8. The summed E-state index contributed by atoms with van der Waals surface area (Å²) in [6.45, 7) is 4.20. The molecule has 0 unspecified atom stereocenters. The van der Waals surface area contributed by atoms with Crippen molar-refractivity contribution in [2.24, 2.45) is 4.99 Å². The number of ether oxygens (including phenoxy) is 2. The molecule has 2 aromatic heterocycles. The Morgan fingerprint density at radius 3 is 2.53 bits per heavy atom. The number of benzene rings is 3. The minimum Gasteiger partial charge on any atom is -0.494 e. The summed E-state index contributed by atoms with van der Waals surface area (Å²) in [7, 11) is 1.33. The fourth-order valence-corrected chi connectivity index (χ4v) is 6.22. The number of fused-ring (bicyclic) bond motifs is 1. The van der Waals surface area contributed by atoms with E-state index in [2.05, 4.69) is 5.32 Å². The molecule has 0 bridgehead atoms. The van der Waals surface area contributed by atoms with Crippen molar-refractivity contribution in [1.82, 2.24) is 4.57 Å². The largest absolute Gasteiger partial charge is 0.494 e. The number of methoxy groups -OCH3 is 1. The highest BCUT2D eigenvalue weighted by molar-refractivity contribution is 7.07. The molecule has 1 atom stereocenters. The normalized spacial score (nSPS) is 14.5. The third kappa shape index (κ3) is 6.00. The second kappa shape index (κ2) is 12.6. The van der Waals surface area contributed by atoms with E-state index in [1.165, 1.54) is 18.4 Å². The summed E-state index contributed by atoms with van der Waals surface area (Å²) in [6.07, 6.45) is 1.66. The number of nitrogens with zero attached hydrogens (tertiary/aromatic N) is 2. The number of anilines is 1. The average molecular weight is 620 g/mol. The first kappa shape index (κ1) is 29.6. The number of esters is 1. The van der Waals surface area contributed by atoms with Crippen molar-refractivity contribution in [3.8, 4) is 17.1 Å². The van der Waals surface area contributed by atoms with E-state index in [9.17, 15) is 14.4 Å². The third-order valence-electron chi connectivity index (χ3n) is 7.27. The van der Waals surface area contributed by atoms with Gasteiger partial charge in [0.05, 0.1) is 41.1 Å². The van der Waals surface area contributed by atoms with Crippen LogP contribution in [-0.2, 0) is 9.53 Å². The first-order valence-electron chi connectivity index (χ1n) is 14.3. The number of aromatic nitrogens is 1. The van der Waals surface area contributed by atoms with Crippen molar-refractivity contribution in [3.05, 3.63) is 139 Å². The van der Waals surface area contributed by atoms with Crippen LogP contribution in [0.25, 0.3) is 17.4 Å². The number of furan rings is 1. The maximum atomic E-state index is 14.0. The van der Waals surface area contributed by atoms with E-state index in [-0.39, 0.29) is 11.5 Å². The second-order valence-corrected chi connectivity index (χ2v) is 11.2. The van der Waals surface area contributed by atoms with Crippen LogP contribution < -0.4 is 24.9 Å². The topological polar surface area (TPSA) is 112 Å². The van der Waals surface area contributed by atoms with Gasteiger partial charge in [0.2, 0.25) is 0 Å². The summed E-state index contributed by atoms with van der Waals surface area (Å²) in [5.41, 5.74) is 3.05. The monoisotopic (exact) mass is 619 g/mol. The fraction of sp³-hybridized carbons (Fsp3) is 0.143. The highest BCUT2D eigenvalue weighted by atomic mass is 32.1. The Morgan fingerprint density at radius 1 is 1.02 bits per heavy atom. The van der Waals surface area contributed by atoms with Crippen molar-refractivity contribution < 1.29 is 23.5 Å². The van der Waals surface area contributed by atoms with E-state index < -0.39 is 12.0 Å². The number of hydrogen-bond donors (Lipinski definition) is 1. The van der Waals surface area contributed by atoms with Crippen molar-refractivity contribution >= 4 is 35.0 Å². The number of rotatable bonds is 8. The first-order valence-corrected chi connectivity index (χ1v) is 15.1. The number of nitrogens with one attached hydrogen (secondary N) is 1. The van der Waals surface area contributed by atoms with Gasteiger partial charge >= 0.3 is 5.97 Å². The van der Waals surface area contributed by atoms with Gasteiger partial charge < -0.3 is 19.2 Å². The summed E-state index contributed by atoms with van der Waals surface area (Å²) < 4.78 is 18.5. The van der Waals surface area contributed by atoms with Crippen molar-refractivity contribution in [2.45, 2.75) is 19.9 Å². The highest BCUT2D eigenvalue weighted by Crippen LogP contribution is 2.32. The van der Waals surface area contributed by atoms with Crippen molar-refractivity contribution in [1.29, 1.82) is 0 Å². The Hall–Kier alpha value is -5.48. The fourth-order valence-electron chi connectivity index (χ4n) is 5.19. The number of thiazole rings is 1. The van der Waals surface area contributed by atoms with Gasteiger partial charge in [-0.25, -0.2) is 9.79 Å². The Bertz CT molecular complexity index is 2110. The van der Waals surface area contributed by atoms with Gasteiger partial charge in [0.25, 0.3) is 11.5 Å². The lowest BCUT2D eigenvalue weighted by Gasteiger charge is -2.25. The molecular weight excluding hydrogens is 590 g/mol. The molecule has 226 valence electrons. The molecule has 0 saturated heterocycles. The number of allylic oxidation sites excluding steroid dienone is 1. The molecule has 10 heteroatoms. The third-order valence-corrected chi connectivity index (χ3v) is 8.26. The SMILES string of the molecule is CCOc1ccc([C@H]2C(C(=O)Nc3ccccc3)=C(C)N=c3s/c(=C\c4ccc(-c5cccc(C(=O)OC)c5)o4)c(=O)n32)cc1. The minimum atomic E-state index is -0.726. The van der Waals surface area contributed by atoms with E-state index in [0.29, 0.717) is 61.3 Å². The number of carbonyl (C=O) groups excluding carboxylic acids is 2. The Morgan fingerprint density at radius 2 is 1.80 bits per heavy atom. The standard InChI is InChI=1S/C35H29N3O6S/c1-4-43-26-15-13-22(14-16-26)31-30(32(39)37-25-11-6-5-7-12-25)21(2)36-35-38(31)33(40)29(45-35)20-27-17-18-28(44-27)23-9-8-10-24(19-23)34(41)42-3/h5-20,31H,4H2,1-3H3,(H,37,39)/b29-20-/t31-/m0/s1. The lowest BCUT2D eigenvalue weighted by Crippen LogP contribution is -2.40. The molecule has 1 aliphatic rings. The molecule has 45 heavy (non-hydrogen) atoms. The predicted octanol–water partition coefficient (Wildman–Crippen LogP) is 5.32. The molecule has 9 nitrogen and oxygen atoms in total. The molecule has 0 fully saturated rings. The van der Waals surface area contributed by atoms with E-state index in [4.69, 9.17) is 18.9 Å². The van der Waals surface area contributed by atoms with E-state index in [1.807, 2.05) is 55.5 Å². The van der Waals surface area contributed by atoms with Crippen LogP contribution >= 0.6 is 11.3 Å². The van der Waals surface area contributed by atoms with Gasteiger partial charge in [-0.05, 0) is 67.9 Å². The lowest BCUT2D eigenvalue weighted by atomic mass is 9.95. The van der Waals surface area contributed by atoms with Crippen LogP contribution in [0.4, 0.5) is 5.69 Å². The number of amides is 1. The van der Waals surface area contributed by atoms with Crippen molar-refractivity contribution in [2.75, 3.05) is 19.0 Å². The van der Waals surface area contributed by atoms with Gasteiger partial charge in [-0.1, -0.05) is 53.8 Å². The second-order valence-electron chi connectivity index (χ2n) is 10.2. The summed E-state index contributed by atoms with van der Waals surface area (Å²) in [6, 6.07) is 26.3. The molecule has 0 aliphatic carbocycles. The lowest BCUT2D eigenvalue weighted by molar-refractivity contribution is -0.113. The zero-order chi connectivity index (χ0) is 31.5. The quantitative estimate of drug-likeness (QED) is 0.236. The van der Waals surface area contributed by atoms with Gasteiger partial charge in [0.15, 0.2) is 4.80 Å². The molecule has 5 aromatic rings. The van der Waals surface area contributed by atoms with Gasteiger partial charge in [-0.2, -0.15) is 0 Å². The maximum Gasteiger partial charge on any atom is 0.337 e. The summed E-state index contributed by atoms with van der Waals surface area (Å²) in [5, 5.41) is 2.96. The van der Waals surface area contributed by atoms with Crippen molar-refractivity contribution in [3.63, 3.8) is 0 Å².